The molecule has 2 aromatic rings. The van der Waals surface area contributed by atoms with Crippen LogP contribution in [0.5, 0.6) is 0 Å². The van der Waals surface area contributed by atoms with Crippen LogP contribution >= 0.6 is 12.2 Å². The highest BCUT2D eigenvalue weighted by Crippen LogP contribution is 2.26. The highest BCUT2D eigenvalue weighted by atomic mass is 32.1. The molecule has 1 aromatic carbocycles. The van der Waals surface area contributed by atoms with E-state index in [9.17, 15) is 9.59 Å². The molecule has 2 aliphatic rings. The molecule has 3 heterocycles. The van der Waals surface area contributed by atoms with Crippen molar-refractivity contribution in [2.45, 2.75) is 31.8 Å². The molecule has 0 bridgehead atoms. The molecule has 2 aliphatic heterocycles. The van der Waals surface area contributed by atoms with Gasteiger partial charge in [-0.1, -0.05) is 42.5 Å². The zero-order chi connectivity index (χ0) is 18.1. The van der Waals surface area contributed by atoms with Gasteiger partial charge in [0.15, 0.2) is 0 Å². The van der Waals surface area contributed by atoms with Gasteiger partial charge in [-0.25, -0.2) is 0 Å². The van der Waals surface area contributed by atoms with Crippen LogP contribution in [0.3, 0.4) is 0 Å². The molecule has 1 atom stereocenters. The van der Waals surface area contributed by atoms with Crippen LogP contribution in [0.2, 0.25) is 0 Å². The van der Waals surface area contributed by atoms with Gasteiger partial charge in [-0.15, -0.1) is 0 Å². The van der Waals surface area contributed by atoms with Gasteiger partial charge in [-0.3, -0.25) is 9.59 Å². The number of nitrogens with one attached hydrogen (secondary N) is 1. The lowest BCUT2D eigenvalue weighted by atomic mass is 10.0. The van der Waals surface area contributed by atoms with E-state index in [1.165, 1.54) is 0 Å². The van der Waals surface area contributed by atoms with Crippen molar-refractivity contribution in [2.24, 2.45) is 0 Å². The molecule has 1 aromatic heterocycles. The van der Waals surface area contributed by atoms with Crippen molar-refractivity contribution in [1.29, 1.82) is 0 Å². The van der Waals surface area contributed by atoms with Crippen LogP contribution in [0.4, 0.5) is 0 Å². The maximum absolute atomic E-state index is 13.4. The average molecular weight is 367 g/mol. The summed E-state index contributed by atoms with van der Waals surface area (Å²) in [6.07, 6.45) is 5.08. The highest BCUT2D eigenvalue weighted by Gasteiger charge is 2.31. The fourth-order valence-electron chi connectivity index (χ4n) is 3.79. The lowest BCUT2D eigenvalue weighted by Crippen LogP contribution is -2.41. The van der Waals surface area contributed by atoms with Crippen molar-refractivity contribution in [3.05, 3.63) is 63.9 Å². The van der Waals surface area contributed by atoms with E-state index in [4.69, 9.17) is 12.2 Å². The molecule has 1 N–H and O–H groups in total. The molecule has 134 valence electrons. The number of hydrogen-bond acceptors (Lipinski definition) is 3. The summed E-state index contributed by atoms with van der Waals surface area (Å²) >= 11 is 5.62. The number of carbonyl (C=O) groups excluding carboxylic acids is 2. The van der Waals surface area contributed by atoms with Gasteiger partial charge in [0.2, 0.25) is 5.91 Å². The first-order valence-corrected chi connectivity index (χ1v) is 9.43. The number of nitrogens with zero attached hydrogens (tertiary/aromatic N) is 2. The number of fused-ring (bicyclic) bond motifs is 1. The van der Waals surface area contributed by atoms with Crippen LogP contribution in [0, 0.1) is 4.64 Å². The molecule has 0 saturated carbocycles. The second-order valence-corrected chi connectivity index (χ2v) is 7.20. The van der Waals surface area contributed by atoms with E-state index < -0.39 is 6.04 Å². The van der Waals surface area contributed by atoms with E-state index in [-0.39, 0.29) is 11.8 Å². The molecular weight excluding hydrogens is 346 g/mol. The third kappa shape index (κ3) is 2.94. The highest BCUT2D eigenvalue weighted by molar-refractivity contribution is 7.71. The number of rotatable bonds is 3. The number of aromatic nitrogens is 1. The number of benzene rings is 1. The summed E-state index contributed by atoms with van der Waals surface area (Å²) in [5, 5.41) is 2.81. The Bertz CT molecular complexity index is 901. The Hall–Kier alpha value is -2.47. The van der Waals surface area contributed by atoms with E-state index in [1.807, 2.05) is 47.5 Å². The second kappa shape index (κ2) is 7.03. The molecule has 1 unspecified atom stereocenters. The van der Waals surface area contributed by atoms with Crippen molar-refractivity contribution in [1.82, 2.24) is 14.8 Å². The van der Waals surface area contributed by atoms with Gasteiger partial charge >= 0.3 is 0 Å². The normalized spacial score (nSPS) is 17.5. The summed E-state index contributed by atoms with van der Waals surface area (Å²) in [5.41, 5.74) is 2.31. The smallest absolute Gasteiger partial charge is 0.254 e. The average Bonchev–Trinajstić information content (AvgIpc) is 3.07. The first kappa shape index (κ1) is 17.0. The molecule has 0 aliphatic carbocycles. The molecule has 5 nitrogen and oxygen atoms in total. The van der Waals surface area contributed by atoms with Gasteiger partial charge < -0.3 is 14.8 Å². The Morgan fingerprint density at radius 3 is 2.54 bits per heavy atom. The van der Waals surface area contributed by atoms with Crippen molar-refractivity contribution in [3.63, 3.8) is 0 Å². The van der Waals surface area contributed by atoms with Crippen molar-refractivity contribution >= 4 is 24.0 Å². The Morgan fingerprint density at radius 2 is 1.81 bits per heavy atom. The van der Waals surface area contributed by atoms with E-state index in [2.05, 4.69) is 5.32 Å². The quantitative estimate of drug-likeness (QED) is 0.849. The minimum absolute atomic E-state index is 0.0466. The van der Waals surface area contributed by atoms with E-state index in [0.717, 1.165) is 43.5 Å². The van der Waals surface area contributed by atoms with E-state index >= 15 is 0 Å². The Kier molecular flexibility index (Phi) is 4.59. The summed E-state index contributed by atoms with van der Waals surface area (Å²) < 4.78 is 2.21. The number of likely N-dealkylation sites (tertiary alicyclic amines) is 1. The Balaban J connectivity index is 1.82. The largest absolute Gasteiger partial charge is 0.348 e. The predicted octanol–water partition coefficient (Wildman–Crippen LogP) is 3.06. The van der Waals surface area contributed by atoms with Crippen molar-refractivity contribution < 1.29 is 9.59 Å². The summed E-state index contributed by atoms with van der Waals surface area (Å²) in [6, 6.07) is 11.0. The van der Waals surface area contributed by atoms with Crippen LogP contribution in [0.1, 0.15) is 46.8 Å². The molecule has 0 radical (unpaired) electrons. The van der Waals surface area contributed by atoms with Gasteiger partial charge in [0.05, 0.1) is 5.56 Å². The van der Waals surface area contributed by atoms with Gasteiger partial charge in [-0.05, 0) is 36.5 Å². The first-order chi connectivity index (χ1) is 12.7. The molecule has 1 fully saturated rings. The number of piperidine rings is 1. The van der Waals surface area contributed by atoms with E-state index in [0.29, 0.717) is 16.7 Å². The predicted molar refractivity (Wildman–Crippen MR) is 101 cm³/mol. The molecule has 6 heteroatoms. The Labute approximate surface area is 157 Å². The zero-order valence-corrected chi connectivity index (χ0v) is 15.3. The molecule has 0 spiro atoms. The third-order valence-electron chi connectivity index (χ3n) is 5.17. The first-order valence-electron chi connectivity index (χ1n) is 9.03. The van der Waals surface area contributed by atoms with Gasteiger partial charge in [0.1, 0.15) is 10.7 Å². The summed E-state index contributed by atoms with van der Waals surface area (Å²) in [6.45, 7) is 2.05. The molecule has 4 rings (SSSR count). The maximum Gasteiger partial charge on any atom is 0.254 e. The van der Waals surface area contributed by atoms with Gasteiger partial charge in [0, 0.05) is 25.8 Å². The fraction of sp³-hybridized carbons (Fsp3) is 0.350. The maximum atomic E-state index is 13.4. The number of pyridine rings is 1. The zero-order valence-electron chi connectivity index (χ0n) is 14.5. The van der Waals surface area contributed by atoms with Crippen LogP contribution in [0.25, 0.3) is 0 Å². The van der Waals surface area contributed by atoms with Crippen LogP contribution in [-0.4, -0.2) is 34.4 Å². The number of hydrogen-bond donors (Lipinski definition) is 1. The fourth-order valence-corrected chi connectivity index (χ4v) is 4.18. The third-order valence-corrected chi connectivity index (χ3v) is 5.58. The second-order valence-electron chi connectivity index (χ2n) is 6.81. The van der Waals surface area contributed by atoms with Crippen LogP contribution in [0.15, 0.2) is 42.6 Å². The van der Waals surface area contributed by atoms with Gasteiger partial charge in [0.25, 0.3) is 5.91 Å². The van der Waals surface area contributed by atoms with Crippen LogP contribution in [-0.2, 0) is 11.3 Å². The van der Waals surface area contributed by atoms with Gasteiger partial charge in [-0.2, -0.15) is 0 Å². The molecule has 2 amide bonds. The topological polar surface area (TPSA) is 54.3 Å². The SMILES string of the molecule is O=C1NCc2ccn(C(C(=O)N3CCCCC3)c3ccccc3)c(=S)c21. The minimum atomic E-state index is -0.541. The summed E-state index contributed by atoms with van der Waals surface area (Å²) in [4.78, 5) is 27.5. The number of amides is 2. The summed E-state index contributed by atoms with van der Waals surface area (Å²) in [5.74, 6) is -0.109. The minimum Gasteiger partial charge on any atom is -0.348 e. The molecule has 26 heavy (non-hydrogen) atoms. The summed E-state index contributed by atoms with van der Waals surface area (Å²) in [7, 11) is 0. The lowest BCUT2D eigenvalue weighted by molar-refractivity contribution is -0.134. The monoisotopic (exact) mass is 367 g/mol. The molecule has 1 saturated heterocycles. The molecular formula is C20H21N3O2S. The standard InChI is InChI=1S/C20H21N3O2S/c24-18-16-15(13-21-18)9-12-23(20(16)26)17(14-7-3-1-4-8-14)19(25)22-10-5-2-6-11-22/h1,3-4,7-9,12,17H,2,5-6,10-11,13H2,(H,21,24). The number of carbonyl (C=O) groups is 2. The lowest BCUT2D eigenvalue weighted by Gasteiger charge is -2.32. The van der Waals surface area contributed by atoms with E-state index in [1.54, 1.807) is 4.57 Å². The van der Waals surface area contributed by atoms with Crippen molar-refractivity contribution in [2.75, 3.05) is 13.1 Å². The van der Waals surface area contributed by atoms with Crippen LogP contribution < -0.4 is 5.32 Å². The Morgan fingerprint density at radius 1 is 1.08 bits per heavy atom. The van der Waals surface area contributed by atoms with Crippen molar-refractivity contribution in [3.8, 4) is 0 Å².